The lowest BCUT2D eigenvalue weighted by Crippen LogP contribution is -2.29. The summed E-state index contributed by atoms with van der Waals surface area (Å²) in [7, 11) is 1.63. The van der Waals surface area contributed by atoms with E-state index in [0.717, 1.165) is 17.7 Å². The lowest BCUT2D eigenvalue weighted by molar-refractivity contribution is 0.411. The second kappa shape index (κ2) is 6.31. The first-order chi connectivity index (χ1) is 9.30. The van der Waals surface area contributed by atoms with E-state index in [0.29, 0.717) is 0 Å². The van der Waals surface area contributed by atoms with Gasteiger partial charge in [-0.3, -0.25) is 10.8 Å². The molecule has 0 spiro atoms. The molecule has 2 aromatic rings. The predicted molar refractivity (Wildman–Crippen MR) is 75.8 cm³/mol. The fraction of sp³-hybridized carbons (Fsp3) is 0.267. The molecule has 0 amide bonds. The maximum atomic E-state index is 5.73. The molecule has 1 aromatic heterocycles. The summed E-state index contributed by atoms with van der Waals surface area (Å²) >= 11 is 0. The Bertz CT molecular complexity index is 542. The van der Waals surface area contributed by atoms with Crippen molar-refractivity contribution < 1.29 is 4.74 Å². The number of aryl methyl sites for hydroxylation is 1. The van der Waals surface area contributed by atoms with Gasteiger partial charge in [0.25, 0.3) is 0 Å². The first-order valence-electron chi connectivity index (χ1n) is 6.33. The molecule has 1 atom stereocenters. The van der Waals surface area contributed by atoms with Crippen LogP contribution < -0.4 is 16.0 Å². The first-order valence-corrected chi connectivity index (χ1v) is 6.33. The number of methoxy groups -OCH3 is 1. The van der Waals surface area contributed by atoms with Crippen molar-refractivity contribution >= 4 is 0 Å². The summed E-state index contributed by atoms with van der Waals surface area (Å²) in [5.41, 5.74) is 6.29. The Morgan fingerprint density at radius 2 is 2.11 bits per heavy atom. The topological polar surface area (TPSA) is 60.2 Å². The number of nitrogens with one attached hydrogen (secondary N) is 1. The molecule has 0 aliphatic rings. The average Bonchev–Trinajstić information content (AvgIpc) is 2.49. The van der Waals surface area contributed by atoms with E-state index in [1.54, 1.807) is 19.5 Å². The summed E-state index contributed by atoms with van der Waals surface area (Å²) in [5.74, 6) is 6.46. The van der Waals surface area contributed by atoms with Gasteiger partial charge in [0.2, 0.25) is 0 Å². The van der Waals surface area contributed by atoms with E-state index in [2.05, 4.69) is 29.5 Å². The zero-order chi connectivity index (χ0) is 13.7. The highest BCUT2D eigenvalue weighted by Crippen LogP contribution is 2.26. The van der Waals surface area contributed by atoms with Crippen LogP contribution in [0.25, 0.3) is 0 Å². The van der Waals surface area contributed by atoms with E-state index < -0.39 is 0 Å². The standard InChI is InChI=1S/C15H19N3O/c1-3-11-6-4-5-7-14(11)15(18-16)12-8-13(19-2)10-17-9-12/h4-10,15,18H,3,16H2,1-2H3. The van der Waals surface area contributed by atoms with Gasteiger partial charge in [-0.1, -0.05) is 31.2 Å². The van der Waals surface area contributed by atoms with E-state index in [1.807, 2.05) is 18.2 Å². The molecule has 0 saturated heterocycles. The molecule has 0 bridgehead atoms. The minimum Gasteiger partial charge on any atom is -0.495 e. The van der Waals surface area contributed by atoms with Gasteiger partial charge in [-0.15, -0.1) is 0 Å². The number of ether oxygens (including phenoxy) is 1. The number of hydrogen-bond donors (Lipinski definition) is 2. The Hall–Kier alpha value is -1.91. The number of nitrogens with zero attached hydrogens (tertiary/aromatic N) is 1. The molecular formula is C15H19N3O. The maximum Gasteiger partial charge on any atom is 0.137 e. The highest BCUT2D eigenvalue weighted by atomic mass is 16.5. The monoisotopic (exact) mass is 257 g/mol. The molecule has 1 aromatic carbocycles. The van der Waals surface area contributed by atoms with Crippen LogP contribution >= 0.6 is 0 Å². The summed E-state index contributed by atoms with van der Waals surface area (Å²) in [6.45, 7) is 2.14. The average molecular weight is 257 g/mol. The van der Waals surface area contributed by atoms with Crippen LogP contribution in [-0.2, 0) is 6.42 Å². The van der Waals surface area contributed by atoms with Crippen LogP contribution in [0.4, 0.5) is 0 Å². The van der Waals surface area contributed by atoms with Gasteiger partial charge in [-0.25, -0.2) is 5.43 Å². The summed E-state index contributed by atoms with van der Waals surface area (Å²) in [5, 5.41) is 0. The molecule has 3 N–H and O–H groups in total. The van der Waals surface area contributed by atoms with E-state index >= 15 is 0 Å². The molecule has 0 fully saturated rings. The molecule has 4 heteroatoms. The summed E-state index contributed by atoms with van der Waals surface area (Å²) < 4.78 is 5.21. The molecule has 0 saturated carbocycles. The lowest BCUT2D eigenvalue weighted by atomic mass is 9.94. The molecule has 0 radical (unpaired) electrons. The van der Waals surface area contributed by atoms with E-state index in [4.69, 9.17) is 10.6 Å². The third-order valence-electron chi connectivity index (χ3n) is 3.22. The molecule has 1 unspecified atom stereocenters. The number of benzene rings is 1. The Morgan fingerprint density at radius 3 is 2.79 bits per heavy atom. The molecule has 0 aliphatic carbocycles. The van der Waals surface area contributed by atoms with Crippen LogP contribution in [0.3, 0.4) is 0 Å². The van der Waals surface area contributed by atoms with Gasteiger partial charge in [-0.05, 0) is 29.2 Å². The second-order valence-corrected chi connectivity index (χ2v) is 4.31. The predicted octanol–water partition coefficient (Wildman–Crippen LogP) is 2.21. The normalized spacial score (nSPS) is 12.2. The van der Waals surface area contributed by atoms with Crippen LogP contribution in [-0.4, -0.2) is 12.1 Å². The number of pyridine rings is 1. The van der Waals surface area contributed by atoms with E-state index in [9.17, 15) is 0 Å². The number of nitrogens with two attached hydrogens (primary N) is 1. The molecular weight excluding hydrogens is 238 g/mol. The van der Waals surface area contributed by atoms with Crippen molar-refractivity contribution in [3.8, 4) is 5.75 Å². The smallest absolute Gasteiger partial charge is 0.137 e. The largest absolute Gasteiger partial charge is 0.495 e. The molecule has 0 aliphatic heterocycles. The molecule has 1 heterocycles. The van der Waals surface area contributed by atoms with Crippen molar-refractivity contribution in [2.24, 2.45) is 5.84 Å². The van der Waals surface area contributed by atoms with Gasteiger partial charge in [0, 0.05) is 6.20 Å². The quantitative estimate of drug-likeness (QED) is 0.637. The summed E-state index contributed by atoms with van der Waals surface area (Å²) in [6.07, 6.45) is 4.45. The van der Waals surface area contributed by atoms with Crippen molar-refractivity contribution in [1.29, 1.82) is 0 Å². The fourth-order valence-corrected chi connectivity index (χ4v) is 2.21. The molecule has 2 rings (SSSR count). The number of hydrazine groups is 1. The van der Waals surface area contributed by atoms with Crippen molar-refractivity contribution in [3.05, 3.63) is 59.4 Å². The van der Waals surface area contributed by atoms with E-state index in [1.165, 1.54) is 11.1 Å². The molecule has 19 heavy (non-hydrogen) atoms. The van der Waals surface area contributed by atoms with Crippen molar-refractivity contribution in [1.82, 2.24) is 10.4 Å². The maximum absolute atomic E-state index is 5.73. The number of aromatic nitrogens is 1. The summed E-state index contributed by atoms with van der Waals surface area (Å²) in [6, 6.07) is 10.1. The number of rotatable bonds is 5. The summed E-state index contributed by atoms with van der Waals surface area (Å²) in [4.78, 5) is 4.18. The minimum atomic E-state index is -0.0845. The lowest BCUT2D eigenvalue weighted by Gasteiger charge is -2.20. The Morgan fingerprint density at radius 1 is 1.32 bits per heavy atom. The van der Waals surface area contributed by atoms with Crippen molar-refractivity contribution in [2.75, 3.05) is 7.11 Å². The Balaban J connectivity index is 2.43. The van der Waals surface area contributed by atoms with Crippen LogP contribution in [0.2, 0.25) is 0 Å². The van der Waals surface area contributed by atoms with Crippen molar-refractivity contribution in [3.63, 3.8) is 0 Å². The third-order valence-corrected chi connectivity index (χ3v) is 3.22. The van der Waals surface area contributed by atoms with E-state index in [-0.39, 0.29) is 6.04 Å². The Kier molecular flexibility index (Phi) is 4.49. The third kappa shape index (κ3) is 2.92. The van der Waals surface area contributed by atoms with Gasteiger partial charge in [-0.2, -0.15) is 0 Å². The van der Waals surface area contributed by atoms with Crippen LogP contribution in [0.5, 0.6) is 5.75 Å². The minimum absolute atomic E-state index is 0.0845. The zero-order valence-electron chi connectivity index (χ0n) is 11.3. The second-order valence-electron chi connectivity index (χ2n) is 4.31. The molecule has 100 valence electrons. The van der Waals surface area contributed by atoms with Gasteiger partial charge in [0.1, 0.15) is 5.75 Å². The van der Waals surface area contributed by atoms with Gasteiger partial charge < -0.3 is 4.74 Å². The fourth-order valence-electron chi connectivity index (χ4n) is 2.21. The van der Waals surface area contributed by atoms with Gasteiger partial charge in [0.15, 0.2) is 0 Å². The van der Waals surface area contributed by atoms with Crippen LogP contribution in [0, 0.1) is 0 Å². The molecule has 4 nitrogen and oxygen atoms in total. The van der Waals surface area contributed by atoms with Crippen LogP contribution in [0.15, 0.2) is 42.7 Å². The highest BCUT2D eigenvalue weighted by molar-refractivity contribution is 5.38. The SMILES string of the molecule is CCc1ccccc1C(NN)c1cncc(OC)c1. The first kappa shape index (κ1) is 13.5. The van der Waals surface area contributed by atoms with Crippen LogP contribution in [0.1, 0.15) is 29.7 Å². The number of hydrogen-bond acceptors (Lipinski definition) is 4. The van der Waals surface area contributed by atoms with Gasteiger partial charge >= 0.3 is 0 Å². The Labute approximate surface area is 113 Å². The van der Waals surface area contributed by atoms with Crippen molar-refractivity contribution in [2.45, 2.75) is 19.4 Å². The zero-order valence-corrected chi connectivity index (χ0v) is 11.3. The van der Waals surface area contributed by atoms with Gasteiger partial charge in [0.05, 0.1) is 19.3 Å². The highest BCUT2D eigenvalue weighted by Gasteiger charge is 2.16.